The van der Waals surface area contributed by atoms with E-state index >= 15 is 0 Å². The Kier molecular flexibility index (Phi) is 5.04. The molecule has 0 radical (unpaired) electrons. The zero-order valence-electron chi connectivity index (χ0n) is 11.7. The molecule has 0 atom stereocenters. The number of nitrogens with one attached hydrogen (secondary N) is 1. The van der Waals surface area contributed by atoms with Gasteiger partial charge in [0.1, 0.15) is 5.15 Å². The molecule has 0 fully saturated rings. The molecular formula is C15H15Cl2N3O. The zero-order chi connectivity index (χ0) is 15.4. The smallest absolute Gasteiger partial charge is 0.244 e. The summed E-state index contributed by atoms with van der Waals surface area (Å²) in [5.41, 5.74) is 2.39. The number of nitrogens with zero attached hydrogens (tertiary/aromatic N) is 2. The summed E-state index contributed by atoms with van der Waals surface area (Å²) in [5.74, 6) is -0.214. The summed E-state index contributed by atoms with van der Waals surface area (Å²) in [4.78, 5) is 11.8. The summed E-state index contributed by atoms with van der Waals surface area (Å²) < 4.78 is 1.57. The SMILES string of the molecule is Cc1nn(C)c(Cl)c1/C=C/C(=O)NCc1ccccc1Cl. The van der Waals surface area contributed by atoms with E-state index in [4.69, 9.17) is 23.2 Å². The van der Waals surface area contributed by atoms with E-state index in [1.807, 2.05) is 25.1 Å². The Labute approximate surface area is 133 Å². The number of hydrogen-bond donors (Lipinski definition) is 1. The summed E-state index contributed by atoms with van der Waals surface area (Å²) in [6.07, 6.45) is 3.10. The average molecular weight is 324 g/mol. The van der Waals surface area contributed by atoms with Crippen molar-refractivity contribution in [2.45, 2.75) is 13.5 Å². The number of amides is 1. The van der Waals surface area contributed by atoms with Crippen LogP contribution in [-0.2, 0) is 18.4 Å². The maximum Gasteiger partial charge on any atom is 0.244 e. The molecule has 1 aromatic carbocycles. The normalized spacial score (nSPS) is 11.0. The molecule has 0 unspecified atom stereocenters. The van der Waals surface area contributed by atoms with Crippen LogP contribution >= 0.6 is 23.2 Å². The molecule has 0 bridgehead atoms. The summed E-state index contributed by atoms with van der Waals surface area (Å²) in [6, 6.07) is 7.38. The highest BCUT2D eigenvalue weighted by atomic mass is 35.5. The van der Waals surface area contributed by atoms with Gasteiger partial charge in [-0.3, -0.25) is 9.48 Å². The third kappa shape index (κ3) is 3.86. The van der Waals surface area contributed by atoms with E-state index in [2.05, 4.69) is 10.4 Å². The fourth-order valence-corrected chi connectivity index (χ4v) is 2.32. The fourth-order valence-electron chi connectivity index (χ4n) is 1.88. The monoisotopic (exact) mass is 323 g/mol. The zero-order valence-corrected chi connectivity index (χ0v) is 13.2. The first kappa shape index (κ1) is 15.6. The molecule has 0 saturated carbocycles. The summed E-state index contributed by atoms with van der Waals surface area (Å²) in [5, 5.41) is 8.09. The summed E-state index contributed by atoms with van der Waals surface area (Å²) in [6.45, 7) is 2.22. The molecule has 1 aromatic heterocycles. The predicted molar refractivity (Wildman–Crippen MR) is 85.3 cm³/mol. The average Bonchev–Trinajstić information content (AvgIpc) is 2.69. The number of halogens is 2. The van der Waals surface area contributed by atoms with Gasteiger partial charge in [-0.15, -0.1) is 0 Å². The van der Waals surface area contributed by atoms with Crippen molar-refractivity contribution >= 4 is 35.2 Å². The third-order valence-electron chi connectivity index (χ3n) is 3.01. The number of carbonyl (C=O) groups is 1. The van der Waals surface area contributed by atoms with Crippen molar-refractivity contribution in [1.29, 1.82) is 0 Å². The fraction of sp³-hybridized carbons (Fsp3) is 0.200. The van der Waals surface area contributed by atoms with E-state index in [-0.39, 0.29) is 5.91 Å². The summed E-state index contributed by atoms with van der Waals surface area (Å²) in [7, 11) is 1.75. The largest absolute Gasteiger partial charge is 0.348 e. The van der Waals surface area contributed by atoms with Gasteiger partial charge in [0, 0.05) is 30.3 Å². The van der Waals surface area contributed by atoms with Gasteiger partial charge in [0.2, 0.25) is 5.91 Å². The van der Waals surface area contributed by atoms with E-state index < -0.39 is 0 Å². The van der Waals surface area contributed by atoms with Crippen LogP contribution in [0.25, 0.3) is 6.08 Å². The van der Waals surface area contributed by atoms with Crippen molar-refractivity contribution in [3.05, 3.63) is 57.3 Å². The van der Waals surface area contributed by atoms with Crippen LogP contribution in [0.4, 0.5) is 0 Å². The number of aryl methyl sites for hydroxylation is 2. The maximum atomic E-state index is 11.8. The number of aromatic nitrogens is 2. The second-order valence-corrected chi connectivity index (χ2v) is 5.32. The molecule has 0 aliphatic carbocycles. The van der Waals surface area contributed by atoms with E-state index in [1.54, 1.807) is 23.9 Å². The van der Waals surface area contributed by atoms with Gasteiger partial charge in [-0.05, 0) is 24.6 Å². The highest BCUT2D eigenvalue weighted by Gasteiger charge is 2.08. The van der Waals surface area contributed by atoms with Crippen molar-refractivity contribution < 1.29 is 4.79 Å². The first-order valence-electron chi connectivity index (χ1n) is 6.37. The number of benzene rings is 1. The standard InChI is InChI=1S/C15H15Cl2N3O/c1-10-12(15(17)20(2)19-10)7-8-14(21)18-9-11-5-3-4-6-13(11)16/h3-8H,9H2,1-2H3,(H,18,21)/b8-7+. The molecule has 4 nitrogen and oxygen atoms in total. The Balaban J connectivity index is 1.99. The topological polar surface area (TPSA) is 46.9 Å². The minimum absolute atomic E-state index is 0.214. The lowest BCUT2D eigenvalue weighted by molar-refractivity contribution is -0.116. The molecule has 0 spiro atoms. The first-order valence-corrected chi connectivity index (χ1v) is 7.13. The minimum atomic E-state index is -0.214. The van der Waals surface area contributed by atoms with Gasteiger partial charge in [-0.2, -0.15) is 5.10 Å². The number of rotatable bonds is 4. The highest BCUT2D eigenvalue weighted by Crippen LogP contribution is 2.20. The van der Waals surface area contributed by atoms with Gasteiger partial charge in [0.05, 0.1) is 5.69 Å². The molecule has 110 valence electrons. The van der Waals surface area contributed by atoms with Gasteiger partial charge < -0.3 is 5.32 Å². The minimum Gasteiger partial charge on any atom is -0.348 e. The van der Waals surface area contributed by atoms with Gasteiger partial charge in [-0.25, -0.2) is 0 Å². The van der Waals surface area contributed by atoms with Crippen molar-refractivity contribution in [2.75, 3.05) is 0 Å². The molecule has 0 saturated heterocycles. The Morgan fingerprint density at radius 1 is 1.38 bits per heavy atom. The Morgan fingerprint density at radius 3 is 2.71 bits per heavy atom. The van der Waals surface area contributed by atoms with Gasteiger partial charge >= 0.3 is 0 Å². The first-order chi connectivity index (χ1) is 9.99. The lowest BCUT2D eigenvalue weighted by atomic mass is 10.2. The predicted octanol–water partition coefficient (Wildman–Crippen LogP) is 3.36. The molecular weight excluding hydrogens is 309 g/mol. The quantitative estimate of drug-likeness (QED) is 0.877. The maximum absolute atomic E-state index is 11.8. The van der Waals surface area contributed by atoms with Crippen LogP contribution in [0, 0.1) is 6.92 Å². The molecule has 2 aromatic rings. The van der Waals surface area contributed by atoms with Crippen molar-refractivity contribution in [3.8, 4) is 0 Å². The summed E-state index contributed by atoms with van der Waals surface area (Å²) >= 11 is 12.1. The lowest BCUT2D eigenvalue weighted by Crippen LogP contribution is -2.20. The van der Waals surface area contributed by atoms with Crippen LogP contribution in [0.1, 0.15) is 16.8 Å². The van der Waals surface area contributed by atoms with E-state index in [9.17, 15) is 4.79 Å². The molecule has 6 heteroatoms. The van der Waals surface area contributed by atoms with Crippen LogP contribution < -0.4 is 5.32 Å². The van der Waals surface area contributed by atoms with Crippen LogP contribution in [0.3, 0.4) is 0 Å². The molecule has 0 aliphatic rings. The van der Waals surface area contributed by atoms with Gasteiger partial charge in [0.25, 0.3) is 0 Å². The Morgan fingerprint density at radius 2 is 2.10 bits per heavy atom. The molecule has 2 rings (SSSR count). The van der Waals surface area contributed by atoms with Gasteiger partial charge in [0.15, 0.2) is 0 Å². The lowest BCUT2D eigenvalue weighted by Gasteiger charge is -2.04. The number of hydrogen-bond acceptors (Lipinski definition) is 2. The van der Waals surface area contributed by atoms with Crippen LogP contribution in [0.2, 0.25) is 10.2 Å². The Bertz CT molecular complexity index is 692. The molecule has 0 aliphatic heterocycles. The second kappa shape index (κ2) is 6.78. The van der Waals surface area contributed by atoms with Crippen molar-refractivity contribution in [1.82, 2.24) is 15.1 Å². The van der Waals surface area contributed by atoms with Gasteiger partial charge in [-0.1, -0.05) is 41.4 Å². The van der Waals surface area contributed by atoms with E-state index in [0.717, 1.165) is 16.8 Å². The highest BCUT2D eigenvalue weighted by molar-refractivity contribution is 6.31. The van der Waals surface area contributed by atoms with Crippen molar-refractivity contribution in [2.24, 2.45) is 7.05 Å². The van der Waals surface area contributed by atoms with E-state index in [1.165, 1.54) is 6.08 Å². The molecule has 1 N–H and O–H groups in total. The Hall–Kier alpha value is -1.78. The second-order valence-electron chi connectivity index (χ2n) is 4.56. The van der Waals surface area contributed by atoms with Crippen molar-refractivity contribution in [3.63, 3.8) is 0 Å². The molecule has 1 amide bonds. The third-order valence-corrected chi connectivity index (χ3v) is 3.83. The van der Waals surface area contributed by atoms with E-state index in [0.29, 0.717) is 16.7 Å². The van der Waals surface area contributed by atoms with Crippen LogP contribution in [0.15, 0.2) is 30.3 Å². The number of carbonyl (C=O) groups excluding carboxylic acids is 1. The molecule has 21 heavy (non-hydrogen) atoms. The molecule has 1 heterocycles. The van der Waals surface area contributed by atoms with Crippen LogP contribution in [0.5, 0.6) is 0 Å². The van der Waals surface area contributed by atoms with Crippen LogP contribution in [-0.4, -0.2) is 15.7 Å².